The van der Waals surface area contributed by atoms with Gasteiger partial charge in [0.15, 0.2) is 5.58 Å². The molecule has 90 valence electrons. The van der Waals surface area contributed by atoms with Gasteiger partial charge in [-0.25, -0.2) is 0 Å². The van der Waals surface area contributed by atoms with E-state index in [0.29, 0.717) is 6.01 Å². The van der Waals surface area contributed by atoms with E-state index in [-0.39, 0.29) is 12.1 Å². The van der Waals surface area contributed by atoms with Gasteiger partial charge >= 0.3 is 0 Å². The fourth-order valence-electron chi connectivity index (χ4n) is 2.43. The van der Waals surface area contributed by atoms with Crippen LogP contribution in [0.4, 0.5) is 6.01 Å². The third-order valence-electron chi connectivity index (χ3n) is 3.42. The minimum Gasteiger partial charge on any atom is -0.424 e. The van der Waals surface area contributed by atoms with Gasteiger partial charge in [-0.1, -0.05) is 25.0 Å². The molecule has 3 rings (SSSR count). The Morgan fingerprint density at radius 1 is 1.24 bits per heavy atom. The molecule has 0 unspecified atom stereocenters. The van der Waals surface area contributed by atoms with Gasteiger partial charge < -0.3 is 15.5 Å². The molecule has 0 radical (unpaired) electrons. The van der Waals surface area contributed by atoms with Crippen molar-refractivity contribution in [3.05, 3.63) is 24.3 Å². The summed E-state index contributed by atoms with van der Waals surface area (Å²) in [5, 5.41) is 3.32. The third-order valence-corrected chi connectivity index (χ3v) is 3.42. The lowest BCUT2D eigenvalue weighted by Crippen LogP contribution is -2.42. The second kappa shape index (κ2) is 4.37. The van der Waals surface area contributed by atoms with E-state index < -0.39 is 0 Å². The summed E-state index contributed by atoms with van der Waals surface area (Å²) in [6, 6.07) is 8.87. The highest BCUT2D eigenvalue weighted by Gasteiger charge is 2.22. The summed E-state index contributed by atoms with van der Waals surface area (Å²) in [5.74, 6) is 0. The molecule has 1 aromatic heterocycles. The normalized spacial score (nSPS) is 25.0. The molecule has 2 aromatic rings. The second-order valence-electron chi connectivity index (χ2n) is 4.69. The molecule has 1 heterocycles. The molecule has 0 aliphatic heterocycles. The summed E-state index contributed by atoms with van der Waals surface area (Å²) >= 11 is 0. The minimum atomic E-state index is 0.207. The van der Waals surface area contributed by atoms with Gasteiger partial charge in [-0.3, -0.25) is 0 Å². The Balaban J connectivity index is 1.79. The number of aromatic nitrogens is 1. The monoisotopic (exact) mass is 231 g/mol. The van der Waals surface area contributed by atoms with Gasteiger partial charge in [0.1, 0.15) is 5.52 Å². The maximum absolute atomic E-state index is 6.09. The Morgan fingerprint density at radius 2 is 2.06 bits per heavy atom. The average Bonchev–Trinajstić information content (AvgIpc) is 2.74. The molecule has 0 saturated heterocycles. The fraction of sp³-hybridized carbons (Fsp3) is 0.462. The van der Waals surface area contributed by atoms with Gasteiger partial charge in [-0.05, 0) is 25.0 Å². The van der Waals surface area contributed by atoms with Gasteiger partial charge in [0.05, 0.1) is 0 Å². The Kier molecular flexibility index (Phi) is 2.73. The van der Waals surface area contributed by atoms with Crippen LogP contribution in [0.5, 0.6) is 0 Å². The van der Waals surface area contributed by atoms with Crippen molar-refractivity contribution >= 4 is 17.1 Å². The number of rotatable bonds is 2. The number of para-hydroxylation sites is 2. The molecular formula is C13H17N3O. The van der Waals surface area contributed by atoms with Crippen molar-refractivity contribution in [2.24, 2.45) is 5.73 Å². The molecule has 1 aliphatic rings. The van der Waals surface area contributed by atoms with Crippen molar-refractivity contribution in [3.8, 4) is 0 Å². The topological polar surface area (TPSA) is 64.1 Å². The van der Waals surface area contributed by atoms with Crippen LogP contribution in [0.3, 0.4) is 0 Å². The Labute approximate surface area is 100 Å². The van der Waals surface area contributed by atoms with E-state index in [1.165, 1.54) is 12.8 Å². The molecule has 0 amide bonds. The van der Waals surface area contributed by atoms with Crippen molar-refractivity contribution in [2.75, 3.05) is 5.32 Å². The summed E-state index contributed by atoms with van der Waals surface area (Å²) in [6.45, 7) is 0. The predicted molar refractivity (Wildman–Crippen MR) is 67.9 cm³/mol. The number of nitrogens with two attached hydrogens (primary N) is 1. The quantitative estimate of drug-likeness (QED) is 0.833. The molecule has 0 spiro atoms. The SMILES string of the molecule is N[C@@H]1CCCC[C@H]1Nc1nc2ccccc2o1. The Hall–Kier alpha value is -1.55. The predicted octanol–water partition coefficient (Wildman–Crippen LogP) is 2.51. The molecule has 17 heavy (non-hydrogen) atoms. The maximum atomic E-state index is 6.09. The Bertz CT molecular complexity index is 475. The third kappa shape index (κ3) is 2.13. The van der Waals surface area contributed by atoms with Crippen LogP contribution >= 0.6 is 0 Å². The highest BCUT2D eigenvalue weighted by Crippen LogP contribution is 2.23. The molecule has 1 aromatic carbocycles. The smallest absolute Gasteiger partial charge is 0.295 e. The largest absolute Gasteiger partial charge is 0.424 e. The zero-order valence-electron chi connectivity index (χ0n) is 9.73. The van der Waals surface area contributed by atoms with Gasteiger partial charge in [0.2, 0.25) is 0 Å². The number of anilines is 1. The summed E-state index contributed by atoms with van der Waals surface area (Å²) in [4.78, 5) is 4.41. The van der Waals surface area contributed by atoms with Crippen molar-refractivity contribution in [2.45, 2.75) is 37.8 Å². The molecule has 3 N–H and O–H groups in total. The van der Waals surface area contributed by atoms with Crippen molar-refractivity contribution in [1.82, 2.24) is 4.98 Å². The number of hydrogen-bond acceptors (Lipinski definition) is 4. The number of hydrogen-bond donors (Lipinski definition) is 2. The summed E-state index contributed by atoms with van der Waals surface area (Å²) in [7, 11) is 0. The molecule has 1 saturated carbocycles. The van der Waals surface area contributed by atoms with Crippen LogP contribution in [0.25, 0.3) is 11.1 Å². The van der Waals surface area contributed by atoms with Crippen molar-refractivity contribution in [3.63, 3.8) is 0 Å². The number of oxazole rings is 1. The standard InChI is InChI=1S/C13H17N3O/c14-9-5-1-2-6-10(9)15-13-16-11-7-3-4-8-12(11)17-13/h3-4,7-10H,1-2,5-6,14H2,(H,15,16)/t9-,10-/m1/s1. The second-order valence-corrected chi connectivity index (χ2v) is 4.69. The minimum absolute atomic E-state index is 0.207. The molecule has 2 atom stereocenters. The van der Waals surface area contributed by atoms with E-state index in [0.717, 1.165) is 23.9 Å². The van der Waals surface area contributed by atoms with E-state index in [4.69, 9.17) is 10.2 Å². The number of nitrogens with one attached hydrogen (secondary N) is 1. The van der Waals surface area contributed by atoms with Crippen molar-refractivity contribution < 1.29 is 4.42 Å². The van der Waals surface area contributed by atoms with E-state index in [1.54, 1.807) is 0 Å². The van der Waals surface area contributed by atoms with E-state index >= 15 is 0 Å². The van der Waals surface area contributed by atoms with Crippen LogP contribution in [-0.4, -0.2) is 17.1 Å². The zero-order valence-corrected chi connectivity index (χ0v) is 9.73. The fourth-order valence-corrected chi connectivity index (χ4v) is 2.43. The van der Waals surface area contributed by atoms with Crippen LogP contribution in [-0.2, 0) is 0 Å². The Morgan fingerprint density at radius 3 is 2.88 bits per heavy atom. The summed E-state index contributed by atoms with van der Waals surface area (Å²) < 4.78 is 5.64. The number of nitrogens with zero attached hydrogens (tertiary/aromatic N) is 1. The molecule has 4 heteroatoms. The van der Waals surface area contributed by atoms with Crippen LogP contribution < -0.4 is 11.1 Å². The lowest BCUT2D eigenvalue weighted by Gasteiger charge is -2.28. The van der Waals surface area contributed by atoms with E-state index in [9.17, 15) is 0 Å². The molecule has 0 bridgehead atoms. The first-order valence-electron chi connectivity index (χ1n) is 6.20. The summed E-state index contributed by atoms with van der Waals surface area (Å²) in [5.41, 5.74) is 7.80. The first-order chi connectivity index (χ1) is 8.33. The van der Waals surface area contributed by atoms with Crippen LogP contribution in [0.1, 0.15) is 25.7 Å². The number of fused-ring (bicyclic) bond motifs is 1. The molecule has 1 fully saturated rings. The lowest BCUT2D eigenvalue weighted by atomic mass is 9.91. The highest BCUT2D eigenvalue weighted by molar-refractivity contribution is 5.74. The highest BCUT2D eigenvalue weighted by atomic mass is 16.4. The van der Waals surface area contributed by atoms with Gasteiger partial charge in [-0.2, -0.15) is 4.98 Å². The molecule has 1 aliphatic carbocycles. The van der Waals surface area contributed by atoms with Gasteiger partial charge in [-0.15, -0.1) is 0 Å². The summed E-state index contributed by atoms with van der Waals surface area (Å²) in [6.07, 6.45) is 4.64. The van der Waals surface area contributed by atoms with Crippen LogP contribution in [0.15, 0.2) is 28.7 Å². The van der Waals surface area contributed by atoms with Crippen LogP contribution in [0.2, 0.25) is 0 Å². The van der Waals surface area contributed by atoms with Crippen LogP contribution in [0, 0.1) is 0 Å². The van der Waals surface area contributed by atoms with Gasteiger partial charge in [0.25, 0.3) is 6.01 Å². The zero-order chi connectivity index (χ0) is 11.7. The maximum Gasteiger partial charge on any atom is 0.295 e. The number of benzene rings is 1. The first kappa shape index (κ1) is 10.6. The van der Waals surface area contributed by atoms with Gasteiger partial charge in [0, 0.05) is 12.1 Å². The van der Waals surface area contributed by atoms with E-state index in [2.05, 4.69) is 10.3 Å². The lowest BCUT2D eigenvalue weighted by molar-refractivity contribution is 0.396. The molecule has 4 nitrogen and oxygen atoms in total. The van der Waals surface area contributed by atoms with Crippen molar-refractivity contribution in [1.29, 1.82) is 0 Å². The van der Waals surface area contributed by atoms with E-state index in [1.807, 2.05) is 24.3 Å². The molecular weight excluding hydrogens is 214 g/mol. The first-order valence-corrected chi connectivity index (χ1v) is 6.20. The average molecular weight is 231 g/mol.